The monoisotopic (exact) mass is 453 g/mol. The van der Waals surface area contributed by atoms with E-state index in [9.17, 15) is 14.7 Å². The smallest absolute Gasteiger partial charge is 0.295 e. The molecule has 1 N–H and O–H groups in total. The van der Waals surface area contributed by atoms with Gasteiger partial charge in [-0.3, -0.25) is 14.6 Å². The van der Waals surface area contributed by atoms with Crippen molar-refractivity contribution in [2.24, 2.45) is 0 Å². The van der Waals surface area contributed by atoms with Crippen molar-refractivity contribution in [1.82, 2.24) is 9.88 Å². The van der Waals surface area contributed by atoms with E-state index in [2.05, 4.69) is 4.98 Å². The van der Waals surface area contributed by atoms with Gasteiger partial charge in [-0.15, -0.1) is 0 Å². The van der Waals surface area contributed by atoms with Gasteiger partial charge in [-0.25, -0.2) is 0 Å². The Morgan fingerprint density at radius 3 is 2.55 bits per heavy atom. The van der Waals surface area contributed by atoms with Crippen LogP contribution in [0, 0.1) is 0 Å². The highest BCUT2D eigenvalue weighted by Crippen LogP contribution is 2.43. The van der Waals surface area contributed by atoms with Crippen molar-refractivity contribution in [1.29, 1.82) is 0 Å². The molecule has 0 saturated carbocycles. The Morgan fingerprint density at radius 1 is 1.15 bits per heavy atom. The molecule has 2 aliphatic rings. The quantitative estimate of drug-likeness (QED) is 0.334. The summed E-state index contributed by atoms with van der Waals surface area (Å²) >= 11 is 0. The van der Waals surface area contributed by atoms with Crippen LogP contribution in [-0.4, -0.2) is 75.2 Å². The van der Waals surface area contributed by atoms with Crippen molar-refractivity contribution in [2.45, 2.75) is 6.04 Å². The molecule has 1 atom stereocenters. The number of pyridine rings is 1. The molecule has 2 aliphatic heterocycles. The van der Waals surface area contributed by atoms with Crippen molar-refractivity contribution in [3.8, 4) is 11.5 Å². The maximum atomic E-state index is 13.4. The number of hydrogen-bond acceptors (Lipinski definition) is 7. The lowest BCUT2D eigenvalue weighted by Gasteiger charge is -2.30. The third-order valence-electron chi connectivity index (χ3n) is 6.11. The van der Waals surface area contributed by atoms with Gasteiger partial charge in [-0.05, 0) is 35.9 Å². The standard InChI is InChI=1S/C24H27N3O6/c1-31-17-3-4-19(32-2)18(15-17)21-20(22(28)16-5-7-25-8-6-16)23(29)24(30)27(21)10-9-26-11-13-33-14-12-26/h3-8,15,21,28H,9-14H2,1-2H3. The number of nitrogens with one attached hydrogen (secondary N) is 1. The number of ether oxygens (including phenoxy) is 3. The van der Waals surface area contributed by atoms with Crippen LogP contribution in [0.1, 0.15) is 17.2 Å². The molecule has 2 saturated heterocycles. The number of benzene rings is 1. The van der Waals surface area contributed by atoms with E-state index in [-0.39, 0.29) is 5.57 Å². The molecule has 33 heavy (non-hydrogen) atoms. The summed E-state index contributed by atoms with van der Waals surface area (Å²) in [4.78, 5) is 33.0. The number of Topliss-reactive ketones (excluding diaryl/α,β-unsaturated/α-hetero) is 1. The number of carbonyl (C=O) groups is 2. The second kappa shape index (κ2) is 10.0. The Bertz CT molecular complexity index is 1050. The van der Waals surface area contributed by atoms with Crippen LogP contribution in [0.2, 0.25) is 0 Å². The van der Waals surface area contributed by atoms with Crippen LogP contribution < -0.4 is 19.5 Å². The third kappa shape index (κ3) is 4.55. The highest BCUT2D eigenvalue weighted by Gasteiger charge is 2.45. The third-order valence-corrected chi connectivity index (χ3v) is 6.11. The van der Waals surface area contributed by atoms with Crippen LogP contribution in [0.15, 0.2) is 48.3 Å². The summed E-state index contributed by atoms with van der Waals surface area (Å²) in [5, 5.41) is 13.4. The summed E-state index contributed by atoms with van der Waals surface area (Å²) in [5.74, 6) is -0.968. The maximum absolute atomic E-state index is 13.4. The lowest BCUT2D eigenvalue weighted by Crippen LogP contribution is -3.14. The zero-order chi connectivity index (χ0) is 23.4. The highest BCUT2D eigenvalue weighted by atomic mass is 16.5. The predicted octanol–water partition coefficient (Wildman–Crippen LogP) is -0.762. The summed E-state index contributed by atoms with van der Waals surface area (Å²) < 4.78 is 16.3. The van der Waals surface area contributed by atoms with E-state index in [0.717, 1.165) is 13.1 Å². The van der Waals surface area contributed by atoms with Crippen molar-refractivity contribution in [3.63, 3.8) is 0 Å². The molecule has 1 unspecified atom stereocenters. The molecule has 1 aromatic carbocycles. The first kappa shape index (κ1) is 22.8. The molecule has 4 rings (SSSR count). The van der Waals surface area contributed by atoms with Gasteiger partial charge in [-0.1, -0.05) is 5.76 Å². The number of nitrogens with zero attached hydrogens (tertiary/aromatic N) is 2. The molecule has 1 aromatic heterocycles. The predicted molar refractivity (Wildman–Crippen MR) is 117 cm³/mol. The van der Waals surface area contributed by atoms with E-state index < -0.39 is 23.5 Å². The van der Waals surface area contributed by atoms with E-state index in [1.54, 1.807) is 18.2 Å². The van der Waals surface area contributed by atoms with E-state index in [1.807, 2.05) is 0 Å². The highest BCUT2D eigenvalue weighted by molar-refractivity contribution is 6.46. The molecule has 2 aromatic rings. The van der Waals surface area contributed by atoms with E-state index >= 15 is 0 Å². The molecular weight excluding hydrogens is 426 g/mol. The zero-order valence-electron chi connectivity index (χ0n) is 18.7. The van der Waals surface area contributed by atoms with Gasteiger partial charge in [0.05, 0.1) is 46.6 Å². The van der Waals surface area contributed by atoms with E-state index in [0.29, 0.717) is 48.9 Å². The summed E-state index contributed by atoms with van der Waals surface area (Å²) in [6.07, 6.45) is 2.96. The molecular formula is C24H27N3O6. The lowest BCUT2D eigenvalue weighted by molar-refractivity contribution is -0.907. The SMILES string of the molecule is COc1ccc(OC)c(C2C(=C([O-])c3ccncc3)C(=O)C(=O)N2CC[NH+]2CCOCC2)c1. The van der Waals surface area contributed by atoms with Crippen molar-refractivity contribution in [3.05, 3.63) is 59.4 Å². The summed E-state index contributed by atoms with van der Waals surface area (Å²) in [6.45, 7) is 3.94. The molecule has 3 heterocycles. The first-order valence-corrected chi connectivity index (χ1v) is 10.8. The minimum atomic E-state index is -0.879. The lowest BCUT2D eigenvalue weighted by atomic mass is 9.94. The van der Waals surface area contributed by atoms with Gasteiger partial charge < -0.3 is 29.1 Å². The molecule has 0 aliphatic carbocycles. The zero-order valence-corrected chi connectivity index (χ0v) is 18.7. The first-order chi connectivity index (χ1) is 16.0. The number of ketones is 1. The molecule has 1 amide bonds. The minimum Gasteiger partial charge on any atom is -0.872 e. The van der Waals surface area contributed by atoms with Crippen LogP contribution in [0.4, 0.5) is 0 Å². The Morgan fingerprint density at radius 2 is 1.88 bits per heavy atom. The van der Waals surface area contributed by atoms with Gasteiger partial charge in [-0.2, -0.15) is 0 Å². The van der Waals surface area contributed by atoms with Gasteiger partial charge in [0.15, 0.2) is 0 Å². The fourth-order valence-corrected chi connectivity index (χ4v) is 4.32. The average Bonchev–Trinajstić information content (AvgIpc) is 3.12. The average molecular weight is 453 g/mol. The van der Waals surface area contributed by atoms with Crippen LogP contribution in [0.3, 0.4) is 0 Å². The first-order valence-electron chi connectivity index (χ1n) is 10.8. The number of quaternary nitrogens is 1. The Balaban J connectivity index is 1.80. The topological polar surface area (TPSA) is 105 Å². The van der Waals surface area contributed by atoms with Crippen LogP contribution >= 0.6 is 0 Å². The Kier molecular flexibility index (Phi) is 6.90. The van der Waals surface area contributed by atoms with Crippen LogP contribution in [-0.2, 0) is 14.3 Å². The van der Waals surface area contributed by atoms with Crippen LogP contribution in [0.5, 0.6) is 11.5 Å². The number of carbonyl (C=O) groups excluding carboxylic acids is 2. The number of amides is 1. The molecule has 0 radical (unpaired) electrons. The number of rotatable bonds is 7. The van der Waals surface area contributed by atoms with E-state index in [4.69, 9.17) is 14.2 Å². The molecule has 174 valence electrons. The summed E-state index contributed by atoms with van der Waals surface area (Å²) in [6, 6.07) is 7.34. The number of likely N-dealkylation sites (tertiary alicyclic amines) is 1. The number of hydrogen-bond donors (Lipinski definition) is 1. The number of methoxy groups -OCH3 is 2. The van der Waals surface area contributed by atoms with Gasteiger partial charge in [0.2, 0.25) is 5.78 Å². The Hall–Kier alpha value is -3.43. The van der Waals surface area contributed by atoms with Crippen LogP contribution in [0.25, 0.3) is 5.76 Å². The summed E-state index contributed by atoms with van der Waals surface area (Å²) in [5.41, 5.74) is 0.744. The molecule has 9 heteroatoms. The fraction of sp³-hybridized carbons (Fsp3) is 0.375. The molecule has 2 fully saturated rings. The fourth-order valence-electron chi connectivity index (χ4n) is 4.32. The van der Waals surface area contributed by atoms with Gasteiger partial charge in [0.1, 0.15) is 24.6 Å². The summed E-state index contributed by atoms with van der Waals surface area (Å²) in [7, 11) is 3.04. The van der Waals surface area contributed by atoms with Crippen molar-refractivity contribution >= 4 is 17.4 Å². The largest absolute Gasteiger partial charge is 0.872 e. The minimum absolute atomic E-state index is 0.0882. The van der Waals surface area contributed by atoms with Crippen molar-refractivity contribution < 1.29 is 33.8 Å². The number of morpholine rings is 1. The molecule has 0 spiro atoms. The van der Waals surface area contributed by atoms with Crippen molar-refractivity contribution in [2.75, 3.05) is 53.6 Å². The molecule has 0 bridgehead atoms. The second-order valence-electron chi connectivity index (χ2n) is 7.93. The number of aromatic nitrogens is 1. The maximum Gasteiger partial charge on any atom is 0.295 e. The van der Waals surface area contributed by atoms with Gasteiger partial charge in [0.25, 0.3) is 5.91 Å². The molecule has 9 nitrogen and oxygen atoms in total. The Labute approximate surface area is 192 Å². The normalized spacial score (nSPS) is 20.8. The van der Waals surface area contributed by atoms with Gasteiger partial charge in [0, 0.05) is 23.5 Å². The van der Waals surface area contributed by atoms with Gasteiger partial charge >= 0.3 is 0 Å². The van der Waals surface area contributed by atoms with E-state index in [1.165, 1.54) is 48.5 Å². The second-order valence-corrected chi connectivity index (χ2v) is 7.93.